The first-order chi connectivity index (χ1) is 13.1. The van der Waals surface area contributed by atoms with Gasteiger partial charge in [0.25, 0.3) is 0 Å². The van der Waals surface area contributed by atoms with E-state index in [9.17, 15) is 9.90 Å². The predicted molar refractivity (Wildman–Crippen MR) is 112 cm³/mol. The molecule has 1 fully saturated rings. The van der Waals surface area contributed by atoms with Crippen molar-refractivity contribution in [3.05, 3.63) is 45.6 Å². The van der Waals surface area contributed by atoms with Gasteiger partial charge in [-0.3, -0.25) is 4.79 Å². The number of hydrogen-bond acceptors (Lipinski definition) is 4. The van der Waals surface area contributed by atoms with E-state index in [0.29, 0.717) is 23.5 Å². The number of pyridine rings is 1. The summed E-state index contributed by atoms with van der Waals surface area (Å²) in [5.41, 5.74) is 2.95. The highest BCUT2D eigenvalue weighted by atomic mass is 35.5. The summed E-state index contributed by atoms with van der Waals surface area (Å²) >= 11 is 0. The number of benzene rings is 2. The van der Waals surface area contributed by atoms with E-state index in [2.05, 4.69) is 4.98 Å². The highest BCUT2D eigenvalue weighted by Gasteiger charge is 2.40. The zero-order chi connectivity index (χ0) is 18.7. The molecule has 28 heavy (non-hydrogen) atoms. The molecule has 6 heteroatoms. The first-order valence-electron chi connectivity index (χ1n) is 9.54. The molecule has 0 amide bonds. The van der Waals surface area contributed by atoms with Crippen LogP contribution in [0.15, 0.2) is 29.1 Å². The molecule has 2 aliphatic carbocycles. The fraction of sp³-hybridized carbons (Fsp3) is 0.409. The molecule has 2 N–H and O–H groups in total. The molecule has 1 aromatic heterocycles. The Morgan fingerprint density at radius 1 is 1.07 bits per heavy atom. The molecule has 3 aromatic rings. The summed E-state index contributed by atoms with van der Waals surface area (Å²) in [6, 6.07) is 7.12. The minimum Gasteiger partial charge on any atom is -0.491 e. The minimum absolute atomic E-state index is 0. The van der Waals surface area contributed by atoms with Gasteiger partial charge >= 0.3 is 0 Å². The Bertz CT molecular complexity index is 1120. The third kappa shape index (κ3) is 2.60. The molecule has 2 aliphatic rings. The van der Waals surface area contributed by atoms with E-state index in [4.69, 9.17) is 9.47 Å². The van der Waals surface area contributed by atoms with Crippen LogP contribution in [-0.4, -0.2) is 24.3 Å². The molecule has 2 aromatic carbocycles. The second kappa shape index (κ2) is 6.98. The number of aromatic amines is 1. The van der Waals surface area contributed by atoms with Crippen molar-refractivity contribution in [1.82, 2.24) is 4.98 Å². The summed E-state index contributed by atoms with van der Waals surface area (Å²) in [4.78, 5) is 15.4. The van der Waals surface area contributed by atoms with E-state index in [-0.39, 0.29) is 17.8 Å². The van der Waals surface area contributed by atoms with Crippen molar-refractivity contribution in [2.45, 2.75) is 31.8 Å². The van der Waals surface area contributed by atoms with E-state index < -0.39 is 6.10 Å². The van der Waals surface area contributed by atoms with Gasteiger partial charge in [0.15, 0.2) is 11.2 Å². The number of nitrogens with one attached hydrogen (secondary N) is 1. The van der Waals surface area contributed by atoms with Crippen LogP contribution in [0.2, 0.25) is 0 Å². The quantitative estimate of drug-likeness (QED) is 0.633. The van der Waals surface area contributed by atoms with Gasteiger partial charge in [0.05, 0.1) is 25.8 Å². The van der Waals surface area contributed by atoms with Crippen LogP contribution in [0.25, 0.3) is 21.7 Å². The van der Waals surface area contributed by atoms with Crippen molar-refractivity contribution in [1.29, 1.82) is 0 Å². The Kier molecular flexibility index (Phi) is 4.76. The van der Waals surface area contributed by atoms with E-state index in [0.717, 1.165) is 52.1 Å². The number of rotatable bonds is 2. The van der Waals surface area contributed by atoms with E-state index >= 15 is 0 Å². The summed E-state index contributed by atoms with van der Waals surface area (Å²) in [6.07, 6.45) is 3.84. The number of methoxy groups -OCH3 is 2. The van der Waals surface area contributed by atoms with Crippen LogP contribution >= 0.6 is 12.4 Å². The van der Waals surface area contributed by atoms with E-state index in [1.54, 1.807) is 26.4 Å². The van der Waals surface area contributed by atoms with Crippen LogP contribution in [0.5, 0.6) is 11.6 Å². The van der Waals surface area contributed by atoms with Crippen molar-refractivity contribution in [3.63, 3.8) is 0 Å². The number of fused-ring (bicyclic) bond motifs is 7. The molecular formula is C22H24ClNO4. The lowest BCUT2D eigenvalue weighted by molar-refractivity contribution is 0.0758. The van der Waals surface area contributed by atoms with Gasteiger partial charge in [0.1, 0.15) is 0 Å². The van der Waals surface area contributed by atoms with Crippen LogP contribution in [-0.2, 0) is 6.42 Å². The highest BCUT2D eigenvalue weighted by molar-refractivity contribution is 6.10. The van der Waals surface area contributed by atoms with Gasteiger partial charge in [-0.1, -0.05) is 12.5 Å². The van der Waals surface area contributed by atoms with Gasteiger partial charge in [-0.05, 0) is 65.6 Å². The summed E-state index contributed by atoms with van der Waals surface area (Å²) in [6.45, 7) is 0. The molecule has 1 unspecified atom stereocenters. The average Bonchev–Trinajstić information content (AvgIpc) is 3.16. The largest absolute Gasteiger partial charge is 0.491 e. The van der Waals surface area contributed by atoms with Crippen molar-refractivity contribution >= 4 is 34.1 Å². The fourth-order valence-electron chi connectivity index (χ4n) is 5.30. The van der Waals surface area contributed by atoms with Crippen LogP contribution in [0, 0.1) is 11.8 Å². The summed E-state index contributed by atoms with van der Waals surface area (Å²) < 4.78 is 10.9. The monoisotopic (exact) mass is 401 g/mol. The SMILES string of the molecule is COc1cc2c([nH]c1OC)c1c(c3ccc(=O)cc32)CC2CCC[C@@H]2[C@@H]1O.Cl. The van der Waals surface area contributed by atoms with Crippen LogP contribution in [0.1, 0.15) is 36.5 Å². The molecule has 3 atom stereocenters. The Morgan fingerprint density at radius 2 is 1.89 bits per heavy atom. The topological polar surface area (TPSA) is 71.5 Å². The lowest BCUT2D eigenvalue weighted by Gasteiger charge is -2.34. The first-order valence-corrected chi connectivity index (χ1v) is 9.54. The van der Waals surface area contributed by atoms with Gasteiger partial charge in [-0.2, -0.15) is 0 Å². The van der Waals surface area contributed by atoms with E-state index in [1.807, 2.05) is 12.1 Å². The third-order valence-electron chi connectivity index (χ3n) is 6.52. The summed E-state index contributed by atoms with van der Waals surface area (Å²) in [5, 5.41) is 14.1. The number of aliphatic hydroxyl groups is 1. The molecule has 0 saturated heterocycles. The second-order valence-corrected chi connectivity index (χ2v) is 7.76. The van der Waals surface area contributed by atoms with Crippen molar-refractivity contribution in [2.75, 3.05) is 14.2 Å². The third-order valence-corrected chi connectivity index (χ3v) is 6.52. The second-order valence-electron chi connectivity index (χ2n) is 7.76. The van der Waals surface area contributed by atoms with Gasteiger partial charge in [-0.25, -0.2) is 0 Å². The van der Waals surface area contributed by atoms with Crippen molar-refractivity contribution in [2.24, 2.45) is 11.8 Å². The standard InChI is InChI=1S/C22H23NO4.ClH/c1-26-18-10-17-15-9-12(24)6-7-14(15)16-8-11-4-3-5-13(11)21(25)19(16)20(17)23-22(18)27-2;/h6-7,9-11,13,21,23,25H,3-5,8H2,1-2H3;1H/t11?,13-,21-;/m0./s1. The van der Waals surface area contributed by atoms with Crippen molar-refractivity contribution < 1.29 is 14.6 Å². The lowest BCUT2D eigenvalue weighted by atomic mass is 9.73. The van der Waals surface area contributed by atoms with Crippen LogP contribution < -0.4 is 14.9 Å². The molecule has 1 heterocycles. The maximum Gasteiger partial charge on any atom is 0.234 e. The van der Waals surface area contributed by atoms with Gasteiger partial charge in [0, 0.05) is 10.9 Å². The Morgan fingerprint density at radius 3 is 2.64 bits per heavy atom. The molecule has 0 spiro atoms. The molecular weight excluding hydrogens is 378 g/mol. The molecule has 148 valence electrons. The minimum atomic E-state index is -0.505. The predicted octanol–water partition coefficient (Wildman–Crippen LogP) is 4.13. The zero-order valence-corrected chi connectivity index (χ0v) is 16.8. The lowest BCUT2D eigenvalue weighted by Crippen LogP contribution is -2.26. The number of aromatic nitrogens is 1. The number of hydrogen-bond donors (Lipinski definition) is 2. The normalized spacial score (nSPS) is 23.2. The molecule has 0 radical (unpaired) electrons. The smallest absolute Gasteiger partial charge is 0.234 e. The van der Waals surface area contributed by atoms with Crippen LogP contribution in [0.3, 0.4) is 0 Å². The summed E-state index contributed by atoms with van der Waals surface area (Å²) in [5.74, 6) is 1.91. The Labute approximate surface area is 169 Å². The molecule has 5 rings (SSSR count). The number of ether oxygens (including phenoxy) is 2. The molecule has 5 nitrogen and oxygen atoms in total. The Balaban J connectivity index is 0.00000192. The highest BCUT2D eigenvalue weighted by Crippen LogP contribution is 2.51. The number of H-pyrrole nitrogens is 1. The molecule has 0 aliphatic heterocycles. The molecule has 0 bridgehead atoms. The average molecular weight is 402 g/mol. The first kappa shape index (κ1) is 19.1. The van der Waals surface area contributed by atoms with Crippen LogP contribution in [0.4, 0.5) is 0 Å². The zero-order valence-electron chi connectivity index (χ0n) is 16.0. The summed E-state index contributed by atoms with van der Waals surface area (Å²) in [7, 11) is 3.18. The van der Waals surface area contributed by atoms with Gasteiger partial charge in [0.2, 0.25) is 5.88 Å². The van der Waals surface area contributed by atoms with E-state index in [1.165, 1.54) is 6.42 Å². The maximum atomic E-state index is 12.1. The Hall–Kier alpha value is -2.24. The fourth-order valence-corrected chi connectivity index (χ4v) is 5.30. The van der Waals surface area contributed by atoms with Gasteiger partial charge < -0.3 is 19.6 Å². The number of aliphatic hydroxyl groups excluding tert-OH is 1. The molecule has 1 saturated carbocycles. The number of halogens is 1. The maximum absolute atomic E-state index is 12.1. The van der Waals surface area contributed by atoms with Gasteiger partial charge in [-0.15, -0.1) is 12.4 Å². The van der Waals surface area contributed by atoms with Crippen molar-refractivity contribution in [3.8, 4) is 11.6 Å².